The second-order valence-corrected chi connectivity index (χ2v) is 4.35. The van der Waals surface area contributed by atoms with E-state index in [1.165, 1.54) is 0 Å². The molecule has 4 heteroatoms. The summed E-state index contributed by atoms with van der Waals surface area (Å²) in [6.07, 6.45) is 0.146. The lowest BCUT2D eigenvalue weighted by Gasteiger charge is -2.10. The smallest absolute Gasteiger partial charge is 0.271 e. The Balaban J connectivity index is 2.28. The molecule has 1 aromatic heterocycles. The van der Waals surface area contributed by atoms with E-state index in [1.807, 2.05) is 38.1 Å². The second-order valence-electron chi connectivity index (χ2n) is 4.35. The lowest BCUT2D eigenvalue weighted by Crippen LogP contribution is -2.11. The third-order valence-electron chi connectivity index (χ3n) is 2.48. The maximum Gasteiger partial charge on any atom is 0.271 e. The Morgan fingerprint density at radius 1 is 1.11 bits per heavy atom. The van der Waals surface area contributed by atoms with Gasteiger partial charge in [0, 0.05) is 5.69 Å². The van der Waals surface area contributed by atoms with Gasteiger partial charge in [-0.2, -0.15) is 0 Å². The van der Waals surface area contributed by atoms with Gasteiger partial charge in [-0.1, -0.05) is 0 Å². The summed E-state index contributed by atoms with van der Waals surface area (Å²) < 4.78 is 5.56. The van der Waals surface area contributed by atoms with Crippen LogP contribution in [0.4, 0.5) is 5.69 Å². The van der Waals surface area contributed by atoms with Gasteiger partial charge in [-0.25, -0.2) is 0 Å². The molecular formula is C14H16N2O2. The Labute approximate surface area is 105 Å². The number of H-pyrrole nitrogens is 1. The summed E-state index contributed by atoms with van der Waals surface area (Å²) in [5.41, 5.74) is 7.09. The van der Waals surface area contributed by atoms with Crippen LogP contribution in [0.25, 0.3) is 11.3 Å². The van der Waals surface area contributed by atoms with Gasteiger partial charge in [0.1, 0.15) is 5.75 Å². The van der Waals surface area contributed by atoms with E-state index >= 15 is 0 Å². The molecule has 4 nitrogen and oxygen atoms in total. The lowest BCUT2D eigenvalue weighted by atomic mass is 10.1. The largest absolute Gasteiger partial charge is 0.491 e. The van der Waals surface area contributed by atoms with Crippen molar-refractivity contribution in [1.29, 1.82) is 0 Å². The van der Waals surface area contributed by atoms with Crippen LogP contribution in [0.15, 0.2) is 41.2 Å². The van der Waals surface area contributed by atoms with Crippen LogP contribution < -0.4 is 16.0 Å². The molecule has 2 rings (SSSR count). The first-order valence-corrected chi connectivity index (χ1v) is 5.82. The number of hydrogen-bond acceptors (Lipinski definition) is 3. The van der Waals surface area contributed by atoms with Crippen molar-refractivity contribution in [1.82, 2.24) is 4.98 Å². The molecule has 2 aromatic rings. The fourth-order valence-corrected chi connectivity index (χ4v) is 1.64. The number of hydrogen-bond donors (Lipinski definition) is 2. The summed E-state index contributed by atoms with van der Waals surface area (Å²) in [5.74, 6) is 0.812. The lowest BCUT2D eigenvalue weighted by molar-refractivity contribution is 0.242. The van der Waals surface area contributed by atoms with Crippen LogP contribution >= 0.6 is 0 Å². The van der Waals surface area contributed by atoms with E-state index in [1.54, 1.807) is 12.1 Å². The highest BCUT2D eigenvalue weighted by Crippen LogP contribution is 2.20. The first-order chi connectivity index (χ1) is 8.56. The van der Waals surface area contributed by atoms with Crippen LogP contribution in [0.5, 0.6) is 5.75 Å². The van der Waals surface area contributed by atoms with Crippen molar-refractivity contribution in [2.45, 2.75) is 20.0 Å². The first kappa shape index (κ1) is 12.2. The van der Waals surface area contributed by atoms with Crippen molar-refractivity contribution in [3.8, 4) is 17.0 Å². The summed E-state index contributed by atoms with van der Waals surface area (Å²) in [7, 11) is 0. The molecular weight excluding hydrogens is 228 g/mol. The number of pyridine rings is 1. The predicted molar refractivity (Wildman–Crippen MR) is 72.7 cm³/mol. The van der Waals surface area contributed by atoms with Crippen LogP contribution in [0.3, 0.4) is 0 Å². The number of rotatable bonds is 3. The summed E-state index contributed by atoms with van der Waals surface area (Å²) in [6, 6.07) is 11.0. The zero-order valence-corrected chi connectivity index (χ0v) is 10.4. The Kier molecular flexibility index (Phi) is 3.37. The number of ether oxygens (including phenoxy) is 1. The van der Waals surface area contributed by atoms with Gasteiger partial charge in [-0.3, -0.25) is 4.79 Å². The SMILES string of the molecule is CC(C)Oc1ccc(-c2ccc(N)c(=O)[nH]2)cc1. The van der Waals surface area contributed by atoms with E-state index in [0.29, 0.717) is 0 Å². The Bertz CT molecular complexity index is 585. The van der Waals surface area contributed by atoms with Gasteiger partial charge in [0.15, 0.2) is 0 Å². The van der Waals surface area contributed by atoms with E-state index in [-0.39, 0.29) is 17.4 Å². The molecule has 0 unspecified atom stereocenters. The summed E-state index contributed by atoms with van der Waals surface area (Å²) in [5, 5.41) is 0. The predicted octanol–water partition coefficient (Wildman–Crippen LogP) is 2.41. The minimum absolute atomic E-state index is 0.146. The third kappa shape index (κ3) is 2.71. The van der Waals surface area contributed by atoms with Crippen molar-refractivity contribution < 1.29 is 4.74 Å². The van der Waals surface area contributed by atoms with E-state index in [9.17, 15) is 4.79 Å². The second kappa shape index (κ2) is 4.96. The van der Waals surface area contributed by atoms with E-state index < -0.39 is 0 Å². The highest BCUT2D eigenvalue weighted by molar-refractivity contribution is 5.61. The quantitative estimate of drug-likeness (QED) is 0.871. The van der Waals surface area contributed by atoms with Crippen LogP contribution in [0.1, 0.15) is 13.8 Å². The highest BCUT2D eigenvalue weighted by atomic mass is 16.5. The Hall–Kier alpha value is -2.23. The molecule has 0 atom stereocenters. The van der Waals surface area contributed by atoms with Crippen molar-refractivity contribution in [3.05, 3.63) is 46.8 Å². The topological polar surface area (TPSA) is 68.1 Å². The number of nitrogens with one attached hydrogen (secondary N) is 1. The molecule has 0 aliphatic heterocycles. The fourth-order valence-electron chi connectivity index (χ4n) is 1.64. The van der Waals surface area contributed by atoms with Gasteiger partial charge in [0.2, 0.25) is 0 Å². The summed E-state index contributed by atoms with van der Waals surface area (Å²) >= 11 is 0. The molecule has 0 aliphatic rings. The van der Waals surface area contributed by atoms with E-state index in [4.69, 9.17) is 10.5 Å². The molecule has 0 spiro atoms. The van der Waals surface area contributed by atoms with Gasteiger partial charge in [-0.05, 0) is 55.8 Å². The first-order valence-electron chi connectivity index (χ1n) is 5.82. The Morgan fingerprint density at radius 3 is 2.33 bits per heavy atom. The summed E-state index contributed by atoms with van der Waals surface area (Å²) in [4.78, 5) is 14.2. The molecule has 0 aliphatic carbocycles. The summed E-state index contributed by atoms with van der Waals surface area (Å²) in [6.45, 7) is 3.96. The van der Waals surface area contributed by atoms with Crippen LogP contribution in [-0.2, 0) is 0 Å². The van der Waals surface area contributed by atoms with Crippen molar-refractivity contribution in [2.24, 2.45) is 0 Å². The number of aromatic nitrogens is 1. The van der Waals surface area contributed by atoms with Gasteiger partial charge in [0.25, 0.3) is 5.56 Å². The number of anilines is 1. The third-order valence-corrected chi connectivity index (χ3v) is 2.48. The standard InChI is InChI=1S/C14H16N2O2/c1-9(2)18-11-5-3-10(4-6-11)13-8-7-12(15)14(17)16-13/h3-9H,15H2,1-2H3,(H,16,17). The van der Waals surface area contributed by atoms with Crippen molar-refractivity contribution in [2.75, 3.05) is 5.73 Å². The van der Waals surface area contributed by atoms with Crippen LogP contribution in [0, 0.1) is 0 Å². The molecule has 1 aromatic carbocycles. The average Bonchev–Trinajstić information content (AvgIpc) is 2.33. The van der Waals surface area contributed by atoms with Gasteiger partial charge >= 0.3 is 0 Å². The molecule has 18 heavy (non-hydrogen) atoms. The highest BCUT2D eigenvalue weighted by Gasteiger charge is 2.02. The average molecular weight is 244 g/mol. The molecule has 0 saturated heterocycles. The molecule has 0 fully saturated rings. The molecule has 0 amide bonds. The normalized spacial score (nSPS) is 10.6. The monoisotopic (exact) mass is 244 g/mol. The van der Waals surface area contributed by atoms with E-state index in [0.717, 1.165) is 17.0 Å². The Morgan fingerprint density at radius 2 is 1.78 bits per heavy atom. The minimum atomic E-state index is -0.269. The number of nitrogens with two attached hydrogens (primary N) is 1. The van der Waals surface area contributed by atoms with Gasteiger partial charge in [0.05, 0.1) is 11.8 Å². The molecule has 0 radical (unpaired) electrons. The molecule has 3 N–H and O–H groups in total. The molecule has 1 heterocycles. The number of aromatic amines is 1. The maximum absolute atomic E-state index is 11.4. The zero-order chi connectivity index (χ0) is 13.1. The number of nitrogen functional groups attached to an aromatic ring is 1. The zero-order valence-electron chi connectivity index (χ0n) is 10.4. The van der Waals surface area contributed by atoms with Crippen LogP contribution in [0.2, 0.25) is 0 Å². The maximum atomic E-state index is 11.4. The van der Waals surface area contributed by atoms with Crippen LogP contribution in [-0.4, -0.2) is 11.1 Å². The van der Waals surface area contributed by atoms with E-state index in [2.05, 4.69) is 4.98 Å². The fraction of sp³-hybridized carbons (Fsp3) is 0.214. The molecule has 94 valence electrons. The van der Waals surface area contributed by atoms with Crippen molar-refractivity contribution in [3.63, 3.8) is 0 Å². The van der Waals surface area contributed by atoms with Crippen molar-refractivity contribution >= 4 is 5.69 Å². The minimum Gasteiger partial charge on any atom is -0.491 e. The number of benzene rings is 1. The molecule has 0 bridgehead atoms. The van der Waals surface area contributed by atoms with Gasteiger partial charge < -0.3 is 15.5 Å². The molecule has 0 saturated carbocycles. The van der Waals surface area contributed by atoms with Gasteiger partial charge in [-0.15, -0.1) is 0 Å².